The van der Waals surface area contributed by atoms with Crippen LogP contribution in [0.4, 0.5) is 0 Å². The van der Waals surface area contributed by atoms with Crippen molar-refractivity contribution in [3.8, 4) is 5.75 Å². The molecule has 8 nitrogen and oxygen atoms in total. The number of piperidine rings is 1. The van der Waals surface area contributed by atoms with Crippen molar-refractivity contribution < 1.29 is 22.7 Å². The number of likely N-dealkylation sites (tertiary alicyclic amines) is 2. The first-order valence-electron chi connectivity index (χ1n) is 14.4. The number of hydrogen-bond donors (Lipinski definition) is 1. The molecule has 2 amide bonds. The molecule has 0 radical (unpaired) electrons. The van der Waals surface area contributed by atoms with Crippen molar-refractivity contribution in [2.75, 3.05) is 39.5 Å². The van der Waals surface area contributed by atoms with Crippen LogP contribution in [0.25, 0.3) is 0 Å². The van der Waals surface area contributed by atoms with Gasteiger partial charge in [-0.2, -0.15) is 0 Å². The zero-order chi connectivity index (χ0) is 28.3. The maximum Gasteiger partial charge on any atom is 0.229 e. The van der Waals surface area contributed by atoms with Gasteiger partial charge in [0.1, 0.15) is 5.75 Å². The number of amides is 2. The maximum atomic E-state index is 13.5. The van der Waals surface area contributed by atoms with Gasteiger partial charge >= 0.3 is 0 Å². The van der Waals surface area contributed by atoms with Crippen molar-refractivity contribution in [2.45, 2.75) is 62.4 Å². The Bertz CT molecular complexity index is 1320. The van der Waals surface area contributed by atoms with Gasteiger partial charge < -0.3 is 19.9 Å². The van der Waals surface area contributed by atoms with Crippen molar-refractivity contribution in [3.05, 3.63) is 59.7 Å². The van der Waals surface area contributed by atoms with Crippen molar-refractivity contribution in [2.24, 2.45) is 11.3 Å². The highest BCUT2D eigenvalue weighted by Crippen LogP contribution is 2.42. The molecule has 1 saturated carbocycles. The quantitative estimate of drug-likeness (QED) is 0.409. The van der Waals surface area contributed by atoms with Crippen LogP contribution < -0.4 is 10.1 Å². The van der Waals surface area contributed by atoms with E-state index in [-0.39, 0.29) is 35.7 Å². The van der Waals surface area contributed by atoms with Crippen LogP contribution >= 0.6 is 12.4 Å². The molecule has 224 valence electrons. The van der Waals surface area contributed by atoms with E-state index in [2.05, 4.69) is 10.2 Å². The molecule has 1 N–H and O–H groups in total. The molecule has 2 aliphatic heterocycles. The predicted octanol–water partition coefficient (Wildman–Crippen LogP) is 4.38. The molecule has 2 heterocycles. The first kappa shape index (κ1) is 31.3. The third-order valence-corrected chi connectivity index (χ3v) is 10.0. The zero-order valence-corrected chi connectivity index (χ0v) is 25.6. The normalized spacial score (nSPS) is 19.6. The van der Waals surface area contributed by atoms with Crippen LogP contribution in [0.3, 0.4) is 0 Å². The highest BCUT2D eigenvalue weighted by Gasteiger charge is 2.47. The third kappa shape index (κ3) is 7.62. The molecule has 3 aliphatic rings. The summed E-state index contributed by atoms with van der Waals surface area (Å²) in [6.07, 6.45) is 7.41. The van der Waals surface area contributed by atoms with E-state index >= 15 is 0 Å². The summed E-state index contributed by atoms with van der Waals surface area (Å²) in [4.78, 5) is 30.9. The fourth-order valence-electron chi connectivity index (χ4n) is 6.18. The van der Waals surface area contributed by atoms with E-state index in [1.54, 1.807) is 31.4 Å². The van der Waals surface area contributed by atoms with Gasteiger partial charge in [0, 0.05) is 37.9 Å². The van der Waals surface area contributed by atoms with Crippen molar-refractivity contribution in [1.29, 1.82) is 0 Å². The van der Waals surface area contributed by atoms with Crippen LogP contribution in [-0.4, -0.2) is 69.6 Å². The number of ether oxygens (including phenoxy) is 1. The van der Waals surface area contributed by atoms with Crippen LogP contribution in [-0.2, 0) is 26.0 Å². The largest absolute Gasteiger partial charge is 0.496 e. The number of nitrogens with zero attached hydrogens (tertiary/aromatic N) is 2. The van der Waals surface area contributed by atoms with Crippen LogP contribution in [0, 0.1) is 11.3 Å². The van der Waals surface area contributed by atoms with Crippen LogP contribution in [0.5, 0.6) is 5.75 Å². The lowest BCUT2D eigenvalue weighted by Crippen LogP contribution is -2.45. The Labute approximate surface area is 250 Å². The minimum atomic E-state index is -3.24. The second-order valence-electron chi connectivity index (χ2n) is 11.8. The summed E-state index contributed by atoms with van der Waals surface area (Å²) in [5, 5.41) is 3.28. The molecule has 2 aromatic carbocycles. The highest BCUT2D eigenvalue weighted by molar-refractivity contribution is 7.90. The molecule has 0 bridgehead atoms. The Morgan fingerprint density at radius 1 is 1.05 bits per heavy atom. The van der Waals surface area contributed by atoms with E-state index in [0.29, 0.717) is 23.8 Å². The Morgan fingerprint density at radius 3 is 2.34 bits per heavy atom. The molecule has 0 aromatic heterocycles. The van der Waals surface area contributed by atoms with Crippen molar-refractivity contribution in [1.82, 2.24) is 15.1 Å². The fourth-order valence-corrected chi connectivity index (χ4v) is 6.81. The number of carbonyl (C=O) groups excluding carboxylic acids is 2. The van der Waals surface area contributed by atoms with Gasteiger partial charge in [-0.15, -0.1) is 12.4 Å². The molecule has 1 aliphatic carbocycles. The average molecular weight is 604 g/mol. The number of methoxy groups -OCH3 is 1. The number of carbonyl (C=O) groups is 2. The first-order chi connectivity index (χ1) is 19.2. The molecular formula is C31H42ClN3O5S. The summed E-state index contributed by atoms with van der Waals surface area (Å²) >= 11 is 0. The Balaban J connectivity index is 0.00000387. The molecule has 2 saturated heterocycles. The summed E-state index contributed by atoms with van der Waals surface area (Å²) < 4.78 is 29.1. The summed E-state index contributed by atoms with van der Waals surface area (Å²) in [7, 11) is -1.57. The molecular weight excluding hydrogens is 562 g/mol. The van der Waals surface area contributed by atoms with Gasteiger partial charge in [0.2, 0.25) is 11.8 Å². The van der Waals surface area contributed by atoms with Crippen LogP contribution in [0.1, 0.15) is 62.1 Å². The minimum Gasteiger partial charge on any atom is -0.496 e. The lowest BCUT2D eigenvalue weighted by atomic mass is 9.77. The number of hydrogen-bond acceptors (Lipinski definition) is 6. The summed E-state index contributed by atoms with van der Waals surface area (Å²) in [6, 6.07) is 14.6. The monoisotopic (exact) mass is 603 g/mol. The number of para-hydroxylation sites is 1. The van der Waals surface area contributed by atoms with E-state index in [0.717, 1.165) is 81.6 Å². The summed E-state index contributed by atoms with van der Waals surface area (Å²) in [5.41, 5.74) is 1.65. The van der Waals surface area contributed by atoms with Gasteiger partial charge in [0.05, 0.1) is 23.5 Å². The van der Waals surface area contributed by atoms with Gasteiger partial charge in [-0.1, -0.05) is 30.3 Å². The van der Waals surface area contributed by atoms with E-state index in [1.165, 1.54) is 6.26 Å². The van der Waals surface area contributed by atoms with Gasteiger partial charge in [0.15, 0.2) is 9.84 Å². The maximum absolute atomic E-state index is 13.5. The number of rotatable bonds is 11. The van der Waals surface area contributed by atoms with Crippen molar-refractivity contribution >= 4 is 34.1 Å². The first-order valence-corrected chi connectivity index (χ1v) is 16.3. The average Bonchev–Trinajstić information content (AvgIpc) is 3.72. The lowest BCUT2D eigenvalue weighted by molar-refractivity contribution is -0.139. The summed E-state index contributed by atoms with van der Waals surface area (Å²) in [6.45, 7) is 3.80. The third-order valence-electron chi connectivity index (χ3n) is 8.89. The zero-order valence-electron chi connectivity index (χ0n) is 24.0. The second-order valence-corrected chi connectivity index (χ2v) is 13.8. The highest BCUT2D eigenvalue weighted by atomic mass is 35.5. The lowest BCUT2D eigenvalue weighted by Gasteiger charge is -2.38. The number of sulfone groups is 1. The van der Waals surface area contributed by atoms with Gasteiger partial charge in [-0.25, -0.2) is 8.42 Å². The van der Waals surface area contributed by atoms with Gasteiger partial charge in [0.25, 0.3) is 0 Å². The molecule has 41 heavy (non-hydrogen) atoms. The van der Waals surface area contributed by atoms with Crippen LogP contribution in [0.15, 0.2) is 53.4 Å². The molecule has 10 heteroatoms. The molecule has 2 aromatic rings. The SMILES string of the molecule is COc1ccccc1C(CCN1CCC2(CC1)CCN(Cc1ccc(S(C)(=O)=O)cc1)C2=O)NC(=O)CC1CC1.Cl. The van der Waals surface area contributed by atoms with Gasteiger partial charge in [-0.3, -0.25) is 9.59 Å². The van der Waals surface area contributed by atoms with E-state index in [9.17, 15) is 18.0 Å². The molecule has 1 atom stereocenters. The standard InChI is InChI=1S/C31H41N3O5S.ClH/c1-39-28-6-4-3-5-26(28)27(32-29(35)21-23-7-8-23)13-17-33-18-14-31(15-19-33)16-20-34(30(31)36)22-24-9-11-25(12-10-24)40(2,37)38;/h3-6,9-12,23,27H,7-8,13-22H2,1-2H3,(H,32,35);1H. The van der Waals surface area contributed by atoms with E-state index in [1.807, 2.05) is 29.2 Å². The fraction of sp³-hybridized carbons (Fsp3) is 0.548. The second kappa shape index (κ2) is 13.1. The minimum absolute atomic E-state index is 0. The number of nitrogens with one attached hydrogen (secondary N) is 1. The topological polar surface area (TPSA) is 96.0 Å². The smallest absolute Gasteiger partial charge is 0.229 e. The Kier molecular flexibility index (Phi) is 10.0. The molecule has 1 unspecified atom stereocenters. The van der Waals surface area contributed by atoms with Crippen LogP contribution in [0.2, 0.25) is 0 Å². The number of halogens is 1. The molecule has 3 fully saturated rings. The Morgan fingerprint density at radius 2 is 1.71 bits per heavy atom. The van der Waals surface area contributed by atoms with Gasteiger partial charge in [-0.05, 0) is 81.3 Å². The molecule has 1 spiro atoms. The predicted molar refractivity (Wildman–Crippen MR) is 161 cm³/mol. The number of benzene rings is 2. The molecule has 5 rings (SSSR count). The van der Waals surface area contributed by atoms with E-state index in [4.69, 9.17) is 4.74 Å². The summed E-state index contributed by atoms with van der Waals surface area (Å²) in [5.74, 6) is 1.66. The Hall–Kier alpha value is -2.62. The van der Waals surface area contributed by atoms with E-state index < -0.39 is 9.84 Å². The van der Waals surface area contributed by atoms with Crippen molar-refractivity contribution in [3.63, 3.8) is 0 Å².